The molecule has 1 N–H and O–H groups in total. The van der Waals surface area contributed by atoms with E-state index in [1.807, 2.05) is 24.0 Å². The Morgan fingerprint density at radius 2 is 2.03 bits per heavy atom. The molecule has 1 aromatic carbocycles. The highest BCUT2D eigenvalue weighted by molar-refractivity contribution is 7.99. The third kappa shape index (κ3) is 7.19. The second-order valence-corrected chi connectivity index (χ2v) is 9.76. The zero-order valence-corrected chi connectivity index (χ0v) is 21.9. The number of nitrogens with zero attached hydrogens (tertiary/aromatic N) is 1. The van der Waals surface area contributed by atoms with E-state index < -0.39 is 18.1 Å². The number of rotatable bonds is 11. The average molecular weight is 545 g/mol. The highest BCUT2D eigenvalue weighted by atomic mass is 32.2. The highest BCUT2D eigenvalue weighted by Gasteiger charge is 2.41. The molecule has 3 rings (SSSR count). The van der Waals surface area contributed by atoms with Gasteiger partial charge in [0.1, 0.15) is 19.0 Å². The van der Waals surface area contributed by atoms with Crippen LogP contribution in [0.4, 0.5) is 18.9 Å². The summed E-state index contributed by atoms with van der Waals surface area (Å²) in [5.41, 5.74) is 1.66. The van der Waals surface area contributed by atoms with Crippen LogP contribution < -0.4 is 10.1 Å². The molecule has 0 atom stereocenters. The van der Waals surface area contributed by atoms with Gasteiger partial charge in [-0.3, -0.25) is 14.5 Å². The number of alkyl halides is 3. The first kappa shape index (κ1) is 28.8. The smallest absolute Gasteiger partial charge is 0.471 e. The Morgan fingerprint density at radius 3 is 2.65 bits per heavy atom. The lowest BCUT2D eigenvalue weighted by Crippen LogP contribution is -2.31. The number of nitrogens with one attached hydrogen (secondary N) is 1. The van der Waals surface area contributed by atoms with Crippen LogP contribution in [0.3, 0.4) is 0 Å². The van der Waals surface area contributed by atoms with Crippen LogP contribution in [0, 0.1) is 6.92 Å². The molecule has 1 fully saturated rings. The number of cyclic esters (lactones) is 1. The van der Waals surface area contributed by atoms with E-state index in [0.29, 0.717) is 37.1 Å². The molecule has 0 aliphatic carbocycles. The number of thioether (sulfide) groups is 1. The first-order chi connectivity index (χ1) is 17.6. The SMILES string of the molecule is CC/C(=C\Cc1c(NC(=O)C(F)(F)F)c2c(c(C)c1OC)COC2=O)CCC(=O)OCCN1CCSC1. The number of fused-ring (bicyclic) bond motifs is 1. The minimum atomic E-state index is -5.15. The van der Waals surface area contributed by atoms with E-state index in [2.05, 4.69) is 4.90 Å². The molecule has 2 aliphatic heterocycles. The van der Waals surface area contributed by atoms with E-state index in [4.69, 9.17) is 14.2 Å². The van der Waals surface area contributed by atoms with Crippen LogP contribution >= 0.6 is 11.8 Å². The summed E-state index contributed by atoms with van der Waals surface area (Å²) in [6.07, 6.45) is -2.13. The average Bonchev–Trinajstić information content (AvgIpc) is 3.50. The molecular weight excluding hydrogens is 513 g/mol. The van der Waals surface area contributed by atoms with Crippen LogP contribution in [0.25, 0.3) is 0 Å². The summed E-state index contributed by atoms with van der Waals surface area (Å²) in [4.78, 5) is 38.6. The fourth-order valence-corrected chi connectivity index (χ4v) is 5.33. The van der Waals surface area contributed by atoms with Crippen molar-refractivity contribution in [2.24, 2.45) is 0 Å². The fourth-order valence-electron chi connectivity index (χ4n) is 4.30. The topological polar surface area (TPSA) is 94.2 Å². The quantitative estimate of drug-likeness (QED) is 0.324. The van der Waals surface area contributed by atoms with Crippen molar-refractivity contribution in [2.45, 2.75) is 52.3 Å². The number of methoxy groups -OCH3 is 1. The normalized spacial score (nSPS) is 15.9. The Hall–Kier alpha value is -2.73. The van der Waals surface area contributed by atoms with Crippen molar-refractivity contribution in [3.63, 3.8) is 0 Å². The van der Waals surface area contributed by atoms with Crippen LogP contribution in [0.5, 0.6) is 5.75 Å². The highest BCUT2D eigenvalue weighted by Crippen LogP contribution is 2.42. The van der Waals surface area contributed by atoms with Gasteiger partial charge in [0.2, 0.25) is 0 Å². The molecule has 37 heavy (non-hydrogen) atoms. The summed E-state index contributed by atoms with van der Waals surface area (Å²) in [5, 5.41) is 1.87. The lowest BCUT2D eigenvalue weighted by atomic mass is 9.93. The van der Waals surface area contributed by atoms with Crippen molar-refractivity contribution in [3.8, 4) is 5.75 Å². The van der Waals surface area contributed by atoms with Crippen LogP contribution in [0.1, 0.15) is 53.2 Å². The molecule has 0 spiro atoms. The van der Waals surface area contributed by atoms with Crippen molar-refractivity contribution in [1.82, 2.24) is 4.90 Å². The minimum absolute atomic E-state index is 0.0723. The maximum Gasteiger partial charge on any atom is 0.471 e. The Balaban J connectivity index is 1.78. The molecule has 2 aliphatic rings. The maximum absolute atomic E-state index is 13.1. The Morgan fingerprint density at radius 1 is 1.27 bits per heavy atom. The van der Waals surface area contributed by atoms with Gasteiger partial charge in [0.25, 0.3) is 0 Å². The third-order valence-corrected chi connectivity index (χ3v) is 7.39. The number of halogens is 3. The van der Waals surface area contributed by atoms with Gasteiger partial charge < -0.3 is 19.5 Å². The second kappa shape index (κ2) is 12.7. The number of hydrogen-bond donors (Lipinski definition) is 1. The van der Waals surface area contributed by atoms with Gasteiger partial charge in [-0.15, -0.1) is 11.8 Å². The molecule has 0 unspecified atom stereocenters. The monoisotopic (exact) mass is 544 g/mol. The summed E-state index contributed by atoms with van der Waals surface area (Å²) < 4.78 is 55.1. The van der Waals surface area contributed by atoms with Crippen molar-refractivity contribution in [2.75, 3.05) is 43.8 Å². The molecule has 204 valence electrons. The molecule has 0 saturated carbocycles. The number of carbonyl (C=O) groups is 3. The van der Waals surface area contributed by atoms with Gasteiger partial charge in [-0.2, -0.15) is 13.2 Å². The van der Waals surface area contributed by atoms with E-state index in [0.717, 1.165) is 23.7 Å². The fraction of sp³-hybridized carbons (Fsp3) is 0.560. The predicted molar refractivity (Wildman–Crippen MR) is 133 cm³/mol. The number of anilines is 1. The number of hydrogen-bond acceptors (Lipinski definition) is 8. The third-order valence-electron chi connectivity index (χ3n) is 6.37. The van der Waals surface area contributed by atoms with Crippen LogP contribution in [-0.2, 0) is 32.1 Å². The van der Waals surface area contributed by atoms with E-state index in [9.17, 15) is 27.6 Å². The van der Waals surface area contributed by atoms with Gasteiger partial charge in [-0.25, -0.2) is 4.79 Å². The number of ether oxygens (including phenoxy) is 3. The lowest BCUT2D eigenvalue weighted by molar-refractivity contribution is -0.167. The first-order valence-corrected chi connectivity index (χ1v) is 13.1. The summed E-state index contributed by atoms with van der Waals surface area (Å²) in [5.74, 6) is -1.05. The molecule has 2 heterocycles. The standard InChI is InChI=1S/C25H31F3N2O6S/c1-4-16(6-8-19(31)35-11-9-30-10-12-37-14-30)5-7-17-21(29-24(33)25(26,27)28)20-18(13-36-23(20)32)15(2)22(17)34-3/h5H,4,6-14H2,1-3H3,(H,29,33)/b16-5+. The molecule has 1 aromatic rings. The van der Waals surface area contributed by atoms with Gasteiger partial charge in [-0.1, -0.05) is 18.6 Å². The van der Waals surface area contributed by atoms with E-state index in [1.54, 1.807) is 13.0 Å². The maximum atomic E-state index is 13.1. The number of esters is 2. The van der Waals surface area contributed by atoms with Crippen molar-refractivity contribution in [1.29, 1.82) is 0 Å². The van der Waals surface area contributed by atoms with E-state index >= 15 is 0 Å². The van der Waals surface area contributed by atoms with Crippen molar-refractivity contribution in [3.05, 3.63) is 33.9 Å². The van der Waals surface area contributed by atoms with Crippen molar-refractivity contribution >= 4 is 35.3 Å². The number of benzene rings is 1. The molecule has 1 saturated heterocycles. The van der Waals surface area contributed by atoms with Gasteiger partial charge in [0, 0.05) is 42.3 Å². The van der Waals surface area contributed by atoms with Gasteiger partial charge >= 0.3 is 24.0 Å². The van der Waals surface area contributed by atoms with Crippen LogP contribution in [0.2, 0.25) is 0 Å². The number of carbonyl (C=O) groups excluding carboxylic acids is 3. The predicted octanol–water partition coefficient (Wildman–Crippen LogP) is 4.38. The molecule has 12 heteroatoms. The molecule has 1 amide bonds. The lowest BCUT2D eigenvalue weighted by Gasteiger charge is -2.20. The Labute approximate surface area is 217 Å². The second-order valence-electron chi connectivity index (χ2n) is 8.69. The Bertz CT molecular complexity index is 1070. The zero-order chi connectivity index (χ0) is 27.2. The van der Waals surface area contributed by atoms with Gasteiger partial charge in [-0.05, 0) is 31.7 Å². The molecule has 8 nitrogen and oxygen atoms in total. The van der Waals surface area contributed by atoms with Crippen LogP contribution in [-0.4, -0.2) is 67.4 Å². The largest absolute Gasteiger partial charge is 0.496 e. The zero-order valence-electron chi connectivity index (χ0n) is 21.1. The van der Waals surface area contributed by atoms with Gasteiger partial charge in [0.15, 0.2) is 0 Å². The summed E-state index contributed by atoms with van der Waals surface area (Å²) in [6.45, 7) is 5.47. The molecule has 0 aromatic heterocycles. The molecule has 0 bridgehead atoms. The summed E-state index contributed by atoms with van der Waals surface area (Å²) in [7, 11) is 1.37. The molecular formula is C25H31F3N2O6S. The van der Waals surface area contributed by atoms with E-state index in [1.165, 1.54) is 7.11 Å². The van der Waals surface area contributed by atoms with E-state index in [-0.39, 0.29) is 48.0 Å². The first-order valence-electron chi connectivity index (χ1n) is 12.0. The summed E-state index contributed by atoms with van der Waals surface area (Å²) in [6, 6.07) is 0. The Kier molecular flexibility index (Phi) is 9.88. The van der Waals surface area contributed by atoms with Gasteiger partial charge in [0.05, 0.1) is 18.4 Å². The van der Waals surface area contributed by atoms with Crippen molar-refractivity contribution < 1.29 is 41.8 Å². The number of amides is 1. The molecule has 0 radical (unpaired) electrons. The number of allylic oxidation sites excluding steroid dienone is 2. The van der Waals surface area contributed by atoms with Crippen LogP contribution in [0.15, 0.2) is 11.6 Å². The minimum Gasteiger partial charge on any atom is -0.496 e. The summed E-state index contributed by atoms with van der Waals surface area (Å²) >= 11 is 1.84.